The summed E-state index contributed by atoms with van der Waals surface area (Å²) in [5.41, 5.74) is 2.75. The summed E-state index contributed by atoms with van der Waals surface area (Å²) >= 11 is 9.79. The third-order valence-electron chi connectivity index (χ3n) is 3.05. The van der Waals surface area contributed by atoms with Crippen molar-refractivity contribution in [3.8, 4) is 0 Å². The number of aromatic nitrogens is 2. The lowest BCUT2D eigenvalue weighted by atomic mass is 10.1. The van der Waals surface area contributed by atoms with Crippen molar-refractivity contribution < 1.29 is 5.11 Å². The molecule has 1 aromatic heterocycles. The maximum Gasteiger partial charge on any atom is 0.133 e. The maximum absolute atomic E-state index is 9.49. The molecule has 0 fully saturated rings. The molecule has 5 heteroatoms. The fourth-order valence-corrected chi connectivity index (χ4v) is 2.86. The Kier molecular flexibility index (Phi) is 5.24. The monoisotopic (exact) mass is 356 g/mol. The zero-order valence-electron chi connectivity index (χ0n) is 11.6. The number of aliphatic hydroxyl groups excluding tert-OH is 1. The van der Waals surface area contributed by atoms with Gasteiger partial charge in [-0.05, 0) is 30.0 Å². The van der Waals surface area contributed by atoms with E-state index in [-0.39, 0.29) is 6.61 Å². The van der Waals surface area contributed by atoms with Crippen molar-refractivity contribution in [2.75, 3.05) is 0 Å². The Morgan fingerprint density at radius 1 is 1.40 bits per heavy atom. The van der Waals surface area contributed by atoms with Gasteiger partial charge in [0, 0.05) is 10.0 Å². The van der Waals surface area contributed by atoms with E-state index >= 15 is 0 Å². The van der Waals surface area contributed by atoms with Crippen LogP contribution in [0.1, 0.15) is 30.7 Å². The standard InChI is InChI=1S/C15H18BrClN2O/c1-10(2)6-14-13(9-20)15(17)19(18-14)8-11-4-3-5-12(16)7-11/h3-5,7,10,20H,6,8-9H2,1-2H3. The van der Waals surface area contributed by atoms with E-state index in [2.05, 4.69) is 34.9 Å². The first-order chi connectivity index (χ1) is 9.51. The molecule has 2 rings (SSSR count). The van der Waals surface area contributed by atoms with Crippen LogP contribution in [0.4, 0.5) is 0 Å². The fourth-order valence-electron chi connectivity index (χ4n) is 2.15. The first kappa shape index (κ1) is 15.5. The van der Waals surface area contributed by atoms with E-state index in [0.29, 0.717) is 17.6 Å². The van der Waals surface area contributed by atoms with Gasteiger partial charge in [0.1, 0.15) is 5.15 Å². The maximum atomic E-state index is 9.49. The molecule has 0 amide bonds. The molecule has 0 saturated heterocycles. The highest BCUT2D eigenvalue weighted by Gasteiger charge is 2.16. The smallest absolute Gasteiger partial charge is 0.133 e. The van der Waals surface area contributed by atoms with E-state index in [0.717, 1.165) is 27.7 Å². The van der Waals surface area contributed by atoms with E-state index in [1.54, 1.807) is 4.68 Å². The topological polar surface area (TPSA) is 38.0 Å². The third kappa shape index (κ3) is 3.62. The van der Waals surface area contributed by atoms with Crippen LogP contribution in [0.15, 0.2) is 28.7 Å². The van der Waals surface area contributed by atoms with Crippen LogP contribution >= 0.6 is 27.5 Å². The van der Waals surface area contributed by atoms with Crippen molar-refractivity contribution in [1.82, 2.24) is 9.78 Å². The summed E-state index contributed by atoms with van der Waals surface area (Å²) in [5, 5.41) is 14.6. The Hall–Kier alpha value is -0.840. The molecular formula is C15H18BrClN2O. The highest BCUT2D eigenvalue weighted by Crippen LogP contribution is 2.24. The number of rotatable bonds is 5. The summed E-state index contributed by atoms with van der Waals surface area (Å²) in [5.74, 6) is 0.477. The van der Waals surface area contributed by atoms with Gasteiger partial charge < -0.3 is 5.11 Å². The van der Waals surface area contributed by atoms with Gasteiger partial charge in [0.05, 0.1) is 18.8 Å². The molecule has 0 unspecified atom stereocenters. The van der Waals surface area contributed by atoms with Gasteiger partial charge >= 0.3 is 0 Å². The minimum Gasteiger partial charge on any atom is -0.391 e. The van der Waals surface area contributed by atoms with Gasteiger partial charge in [0.2, 0.25) is 0 Å². The van der Waals surface area contributed by atoms with Crippen molar-refractivity contribution in [3.63, 3.8) is 0 Å². The molecule has 1 aromatic carbocycles. The lowest BCUT2D eigenvalue weighted by Gasteiger charge is -2.04. The zero-order valence-corrected chi connectivity index (χ0v) is 13.9. The molecule has 0 bridgehead atoms. The average Bonchev–Trinajstić information content (AvgIpc) is 2.64. The SMILES string of the molecule is CC(C)Cc1nn(Cc2cccc(Br)c2)c(Cl)c1CO. The van der Waals surface area contributed by atoms with E-state index in [4.69, 9.17) is 11.6 Å². The molecule has 1 N–H and O–H groups in total. The number of aliphatic hydroxyl groups is 1. The van der Waals surface area contributed by atoms with Gasteiger partial charge in [-0.2, -0.15) is 5.10 Å². The second kappa shape index (κ2) is 6.74. The van der Waals surface area contributed by atoms with E-state index in [1.165, 1.54) is 0 Å². The lowest BCUT2D eigenvalue weighted by Crippen LogP contribution is -2.03. The molecule has 0 aliphatic carbocycles. The first-order valence-corrected chi connectivity index (χ1v) is 7.77. The molecule has 0 spiro atoms. The van der Waals surface area contributed by atoms with Crippen LogP contribution in [0.2, 0.25) is 5.15 Å². The largest absolute Gasteiger partial charge is 0.391 e. The van der Waals surface area contributed by atoms with Crippen LogP contribution < -0.4 is 0 Å². The molecule has 20 heavy (non-hydrogen) atoms. The van der Waals surface area contributed by atoms with Gasteiger partial charge in [0.25, 0.3) is 0 Å². The Bertz CT molecular complexity index is 596. The molecule has 1 heterocycles. The second-order valence-corrected chi connectivity index (χ2v) is 6.53. The molecule has 2 aromatic rings. The fraction of sp³-hybridized carbons (Fsp3) is 0.400. The van der Waals surface area contributed by atoms with Crippen molar-refractivity contribution in [1.29, 1.82) is 0 Å². The van der Waals surface area contributed by atoms with Crippen LogP contribution in [-0.4, -0.2) is 14.9 Å². The molecule has 0 radical (unpaired) electrons. The van der Waals surface area contributed by atoms with E-state index in [1.807, 2.05) is 24.3 Å². The van der Waals surface area contributed by atoms with Crippen molar-refractivity contribution >= 4 is 27.5 Å². The predicted octanol–water partition coefficient (Wildman–Crippen LogP) is 4.04. The van der Waals surface area contributed by atoms with Gasteiger partial charge in [-0.15, -0.1) is 0 Å². The predicted molar refractivity (Wildman–Crippen MR) is 84.9 cm³/mol. The summed E-state index contributed by atoms with van der Waals surface area (Å²) in [4.78, 5) is 0. The van der Waals surface area contributed by atoms with Crippen LogP contribution in [-0.2, 0) is 19.6 Å². The second-order valence-electron chi connectivity index (χ2n) is 5.26. The quantitative estimate of drug-likeness (QED) is 0.877. The summed E-state index contributed by atoms with van der Waals surface area (Å²) in [6.45, 7) is 4.79. The Labute approximate surface area is 132 Å². The summed E-state index contributed by atoms with van der Waals surface area (Å²) in [7, 11) is 0. The van der Waals surface area contributed by atoms with Gasteiger partial charge in [-0.1, -0.05) is 53.5 Å². The van der Waals surface area contributed by atoms with Crippen molar-refractivity contribution in [2.24, 2.45) is 5.92 Å². The van der Waals surface area contributed by atoms with Crippen LogP contribution in [0, 0.1) is 5.92 Å². The average molecular weight is 358 g/mol. The normalized spacial score (nSPS) is 11.3. The van der Waals surface area contributed by atoms with Crippen molar-refractivity contribution in [2.45, 2.75) is 33.4 Å². The highest BCUT2D eigenvalue weighted by atomic mass is 79.9. The lowest BCUT2D eigenvalue weighted by molar-refractivity contribution is 0.280. The molecule has 0 aliphatic heterocycles. The number of halogens is 2. The Morgan fingerprint density at radius 3 is 2.75 bits per heavy atom. The van der Waals surface area contributed by atoms with Crippen LogP contribution in [0.3, 0.4) is 0 Å². The van der Waals surface area contributed by atoms with Gasteiger partial charge in [-0.25, -0.2) is 4.68 Å². The molecule has 3 nitrogen and oxygen atoms in total. The number of nitrogens with zero attached hydrogens (tertiary/aromatic N) is 2. The molecule has 0 atom stereocenters. The van der Waals surface area contributed by atoms with Gasteiger partial charge in [0.15, 0.2) is 0 Å². The zero-order chi connectivity index (χ0) is 14.7. The minimum atomic E-state index is -0.0701. The Morgan fingerprint density at radius 2 is 2.15 bits per heavy atom. The van der Waals surface area contributed by atoms with Gasteiger partial charge in [-0.3, -0.25) is 0 Å². The van der Waals surface area contributed by atoms with E-state index < -0.39 is 0 Å². The molecule has 108 valence electrons. The van der Waals surface area contributed by atoms with E-state index in [9.17, 15) is 5.11 Å². The van der Waals surface area contributed by atoms with Crippen LogP contribution in [0.25, 0.3) is 0 Å². The molecule has 0 aliphatic rings. The summed E-state index contributed by atoms with van der Waals surface area (Å²) < 4.78 is 2.79. The molecular weight excluding hydrogens is 340 g/mol. The summed E-state index contributed by atoms with van der Waals surface area (Å²) in [6, 6.07) is 8.04. The third-order valence-corrected chi connectivity index (χ3v) is 3.96. The first-order valence-electron chi connectivity index (χ1n) is 6.60. The number of hydrogen-bond donors (Lipinski definition) is 1. The highest BCUT2D eigenvalue weighted by molar-refractivity contribution is 9.10. The summed E-state index contributed by atoms with van der Waals surface area (Å²) in [6.07, 6.45) is 0.821. The number of benzene rings is 1. The Balaban J connectivity index is 2.30. The van der Waals surface area contributed by atoms with Crippen LogP contribution in [0.5, 0.6) is 0 Å². The number of hydrogen-bond acceptors (Lipinski definition) is 2. The van der Waals surface area contributed by atoms with Crippen molar-refractivity contribution in [3.05, 3.63) is 50.7 Å². The molecule has 0 saturated carbocycles. The minimum absolute atomic E-state index is 0.0701.